The molecule has 33 heavy (non-hydrogen) atoms. The van der Waals surface area contributed by atoms with Gasteiger partial charge in [0.15, 0.2) is 0 Å². The Kier molecular flexibility index (Phi) is 4.28. The Labute approximate surface area is 188 Å². The van der Waals surface area contributed by atoms with Crippen LogP contribution in [-0.4, -0.2) is 113 Å². The third kappa shape index (κ3) is 3.18. The van der Waals surface area contributed by atoms with Gasteiger partial charge in [-0.2, -0.15) is 18.5 Å². The van der Waals surface area contributed by atoms with Gasteiger partial charge in [0.2, 0.25) is 11.8 Å². The standard InChI is InChI=1S/C18H20N6O8S/c25-15-1-3-21(15)11-5-13-9-19(7-11)17(27)23(13)31-33(29,30)32-24-14-6-12(22-4-2-16(22)26)8-20(10-14)18(24)28/h5-6,13-14H,1-4,7-10H2. The van der Waals surface area contributed by atoms with Crippen molar-refractivity contribution in [2.75, 3.05) is 39.3 Å². The van der Waals surface area contributed by atoms with Crippen LogP contribution in [0.4, 0.5) is 9.59 Å². The summed E-state index contributed by atoms with van der Waals surface area (Å²) in [4.78, 5) is 54.6. The normalized spacial score (nSPS) is 29.0. The summed E-state index contributed by atoms with van der Waals surface area (Å²) in [6.07, 6.45) is 4.13. The number of rotatable bonds is 6. The molecule has 0 aromatic heterocycles. The van der Waals surface area contributed by atoms with E-state index in [1.54, 1.807) is 22.0 Å². The van der Waals surface area contributed by atoms with Crippen molar-refractivity contribution in [2.45, 2.75) is 24.9 Å². The Morgan fingerprint density at radius 1 is 0.727 bits per heavy atom. The maximum atomic E-state index is 12.6. The second-order valence-electron chi connectivity index (χ2n) is 8.58. The molecule has 0 aliphatic carbocycles. The summed E-state index contributed by atoms with van der Waals surface area (Å²) in [6, 6.07) is -2.82. The Morgan fingerprint density at radius 2 is 1.15 bits per heavy atom. The summed E-state index contributed by atoms with van der Waals surface area (Å²) in [6.45, 7) is 1.85. The highest BCUT2D eigenvalue weighted by molar-refractivity contribution is 7.81. The molecule has 4 bridgehead atoms. The quantitative estimate of drug-likeness (QED) is 0.422. The minimum absolute atomic E-state index is 0.0550. The number of hydroxylamine groups is 4. The van der Waals surface area contributed by atoms with E-state index < -0.39 is 34.5 Å². The molecule has 14 nitrogen and oxygen atoms in total. The summed E-state index contributed by atoms with van der Waals surface area (Å²) in [5, 5.41) is 1.36. The van der Waals surface area contributed by atoms with Crippen LogP contribution in [0.3, 0.4) is 0 Å². The number of urea groups is 2. The van der Waals surface area contributed by atoms with Crippen molar-refractivity contribution in [3.05, 3.63) is 23.5 Å². The van der Waals surface area contributed by atoms with Gasteiger partial charge in [0, 0.05) is 50.4 Å². The lowest BCUT2D eigenvalue weighted by Crippen LogP contribution is -2.47. The van der Waals surface area contributed by atoms with E-state index in [1.807, 2.05) is 0 Å². The highest BCUT2D eigenvalue weighted by Gasteiger charge is 2.49. The van der Waals surface area contributed by atoms with E-state index in [0.717, 1.165) is 0 Å². The number of nitrogens with zero attached hydrogens (tertiary/aromatic N) is 6. The number of likely N-dealkylation sites (tertiary alicyclic amines) is 2. The number of fused-ring (bicyclic) bond motifs is 4. The maximum Gasteiger partial charge on any atom is 0.442 e. The van der Waals surface area contributed by atoms with Gasteiger partial charge in [-0.15, -0.1) is 8.57 Å². The van der Waals surface area contributed by atoms with Gasteiger partial charge in [0.05, 0.1) is 13.1 Å². The second kappa shape index (κ2) is 6.91. The van der Waals surface area contributed by atoms with Crippen LogP contribution in [0.2, 0.25) is 0 Å². The average molecular weight is 480 g/mol. The molecule has 0 N–H and O–H groups in total. The lowest BCUT2D eigenvalue weighted by Gasteiger charge is -2.36. The Balaban J connectivity index is 1.17. The number of carbonyl (C=O) groups is 4. The molecule has 0 aromatic rings. The van der Waals surface area contributed by atoms with E-state index in [0.29, 0.717) is 47.5 Å². The molecule has 0 radical (unpaired) electrons. The average Bonchev–Trinajstić information content (AvgIpc) is 3.09. The summed E-state index contributed by atoms with van der Waals surface area (Å²) < 4.78 is 35.2. The van der Waals surface area contributed by atoms with E-state index in [9.17, 15) is 27.6 Å². The smallest absolute Gasteiger partial charge is 0.315 e. The number of hydrogen-bond acceptors (Lipinski definition) is 8. The van der Waals surface area contributed by atoms with Crippen LogP contribution >= 0.6 is 0 Å². The zero-order chi connectivity index (χ0) is 23.1. The van der Waals surface area contributed by atoms with Gasteiger partial charge in [-0.25, -0.2) is 9.59 Å². The van der Waals surface area contributed by atoms with Gasteiger partial charge >= 0.3 is 22.5 Å². The first-order valence-electron chi connectivity index (χ1n) is 10.5. The molecule has 6 aliphatic heterocycles. The van der Waals surface area contributed by atoms with Crippen molar-refractivity contribution in [1.82, 2.24) is 29.7 Å². The first-order chi connectivity index (χ1) is 15.7. The predicted octanol–water partition coefficient (Wildman–Crippen LogP) is -1.43. The lowest BCUT2D eigenvalue weighted by atomic mass is 10.1. The molecule has 0 spiro atoms. The van der Waals surface area contributed by atoms with Crippen LogP contribution in [-0.2, 0) is 28.6 Å². The molecular formula is C18H20N6O8S. The molecule has 15 heteroatoms. The van der Waals surface area contributed by atoms with Crippen molar-refractivity contribution in [1.29, 1.82) is 0 Å². The third-order valence-corrected chi connectivity index (χ3v) is 7.23. The molecule has 6 aliphatic rings. The topological polar surface area (TPSA) is 140 Å². The third-order valence-electron chi connectivity index (χ3n) is 6.55. The fraction of sp³-hybridized carbons (Fsp3) is 0.556. The van der Waals surface area contributed by atoms with Gasteiger partial charge in [0.1, 0.15) is 12.1 Å². The van der Waals surface area contributed by atoms with E-state index >= 15 is 0 Å². The molecule has 6 heterocycles. The van der Waals surface area contributed by atoms with Crippen LogP contribution < -0.4 is 0 Å². The molecule has 2 atom stereocenters. The van der Waals surface area contributed by atoms with Crippen LogP contribution in [0.5, 0.6) is 0 Å². The molecule has 4 fully saturated rings. The van der Waals surface area contributed by atoms with Gasteiger partial charge in [-0.3, -0.25) is 9.59 Å². The second-order valence-corrected chi connectivity index (χ2v) is 9.69. The summed E-state index contributed by atoms with van der Waals surface area (Å²) in [5.74, 6) is -0.110. The predicted molar refractivity (Wildman–Crippen MR) is 105 cm³/mol. The number of amides is 6. The summed E-state index contributed by atoms with van der Waals surface area (Å²) >= 11 is 0. The van der Waals surface area contributed by atoms with Crippen molar-refractivity contribution in [2.24, 2.45) is 0 Å². The van der Waals surface area contributed by atoms with Crippen molar-refractivity contribution in [3.8, 4) is 0 Å². The maximum absolute atomic E-state index is 12.6. The van der Waals surface area contributed by atoms with Gasteiger partial charge in [-0.05, 0) is 12.2 Å². The Bertz CT molecular complexity index is 1070. The number of hydrogen-bond donors (Lipinski definition) is 0. The van der Waals surface area contributed by atoms with Gasteiger partial charge in [0.25, 0.3) is 0 Å². The zero-order valence-electron chi connectivity index (χ0n) is 17.3. The molecule has 6 amide bonds. The largest absolute Gasteiger partial charge is 0.442 e. The first-order valence-corrected chi connectivity index (χ1v) is 11.9. The zero-order valence-corrected chi connectivity index (χ0v) is 18.1. The van der Waals surface area contributed by atoms with Crippen molar-refractivity contribution >= 4 is 34.3 Å². The van der Waals surface area contributed by atoms with Crippen LogP contribution in [0.15, 0.2) is 23.5 Å². The minimum atomic E-state index is -4.83. The van der Waals surface area contributed by atoms with E-state index in [-0.39, 0.29) is 38.0 Å². The van der Waals surface area contributed by atoms with Crippen molar-refractivity contribution < 1.29 is 36.2 Å². The van der Waals surface area contributed by atoms with Gasteiger partial charge in [-0.1, -0.05) is 0 Å². The number of carbonyl (C=O) groups excluding carboxylic acids is 4. The van der Waals surface area contributed by atoms with Crippen LogP contribution in [0, 0.1) is 0 Å². The monoisotopic (exact) mass is 480 g/mol. The minimum Gasteiger partial charge on any atom is -0.315 e. The van der Waals surface area contributed by atoms with E-state index in [1.165, 1.54) is 9.80 Å². The highest BCUT2D eigenvalue weighted by Crippen LogP contribution is 2.32. The van der Waals surface area contributed by atoms with E-state index in [2.05, 4.69) is 0 Å². The fourth-order valence-corrected chi connectivity index (χ4v) is 5.51. The summed E-state index contributed by atoms with van der Waals surface area (Å²) in [5.41, 5.74) is 1.24. The molecule has 176 valence electrons. The number of β-lactam (4-membered cyclic amide) rings is 2. The molecule has 0 saturated carbocycles. The lowest BCUT2D eigenvalue weighted by molar-refractivity contribution is -0.138. The molecule has 0 aromatic carbocycles. The van der Waals surface area contributed by atoms with E-state index in [4.69, 9.17) is 8.57 Å². The highest BCUT2D eigenvalue weighted by atomic mass is 32.3. The fourth-order valence-electron chi connectivity index (χ4n) is 4.74. The molecular weight excluding hydrogens is 460 g/mol. The van der Waals surface area contributed by atoms with Crippen molar-refractivity contribution in [3.63, 3.8) is 0 Å². The molecule has 6 rings (SSSR count). The molecule has 4 saturated heterocycles. The Hall–Kier alpha value is -3.17. The van der Waals surface area contributed by atoms with Crippen LogP contribution in [0.1, 0.15) is 12.8 Å². The van der Waals surface area contributed by atoms with Gasteiger partial charge < -0.3 is 19.6 Å². The Morgan fingerprint density at radius 3 is 1.48 bits per heavy atom. The SMILES string of the molecule is O=C1CCN1C1=CC2CN(C1)C(=O)N2OS(=O)(=O)ON1C(=O)N2CC(N3CCC3=O)=CC1C2. The summed E-state index contributed by atoms with van der Waals surface area (Å²) in [7, 11) is -4.83. The molecule has 2 unspecified atom stereocenters. The first kappa shape index (κ1) is 20.4. The van der Waals surface area contributed by atoms with Crippen LogP contribution in [0.25, 0.3) is 0 Å².